The van der Waals surface area contributed by atoms with E-state index in [0.717, 1.165) is 16.7 Å². The molecular formula is C24H21ClN6O4. The van der Waals surface area contributed by atoms with Crippen LogP contribution in [0.4, 0.5) is 5.82 Å². The van der Waals surface area contributed by atoms with E-state index in [2.05, 4.69) is 25.6 Å². The molecule has 0 aliphatic carbocycles. The Morgan fingerprint density at radius 2 is 1.83 bits per heavy atom. The first-order valence-electron chi connectivity index (χ1n) is 10.7. The molecule has 0 bridgehead atoms. The van der Waals surface area contributed by atoms with Gasteiger partial charge in [-0.1, -0.05) is 23.7 Å². The number of rotatable bonds is 5. The number of methoxy groups -OCH3 is 2. The normalized spacial score (nSPS) is 14.9. The molecule has 10 nitrogen and oxygen atoms in total. The van der Waals surface area contributed by atoms with Crippen molar-refractivity contribution in [2.45, 2.75) is 19.3 Å². The second-order valence-electron chi connectivity index (χ2n) is 7.99. The van der Waals surface area contributed by atoms with Gasteiger partial charge in [-0.3, -0.25) is 4.79 Å². The number of aryl methyl sites for hydroxylation is 1. The number of aromatic nitrogens is 5. The first kappa shape index (κ1) is 22.6. The van der Waals surface area contributed by atoms with Gasteiger partial charge >= 0.3 is 0 Å². The van der Waals surface area contributed by atoms with Crippen LogP contribution in [0.3, 0.4) is 0 Å². The summed E-state index contributed by atoms with van der Waals surface area (Å²) in [6, 6.07) is 10.6. The summed E-state index contributed by atoms with van der Waals surface area (Å²) >= 11 is 6.00. The highest BCUT2D eigenvalue weighted by Gasteiger charge is 2.34. The zero-order chi connectivity index (χ0) is 24.7. The van der Waals surface area contributed by atoms with Gasteiger partial charge in [0.2, 0.25) is 11.7 Å². The van der Waals surface area contributed by atoms with Crippen molar-refractivity contribution in [1.82, 2.24) is 25.0 Å². The molecule has 0 fully saturated rings. The molecule has 178 valence electrons. The quantitative estimate of drug-likeness (QED) is 0.430. The van der Waals surface area contributed by atoms with Crippen LogP contribution in [0.15, 0.2) is 42.6 Å². The minimum Gasteiger partial charge on any atom is -0.502 e. The lowest BCUT2D eigenvalue weighted by Crippen LogP contribution is -2.25. The van der Waals surface area contributed by atoms with Gasteiger partial charge in [-0.05, 0) is 36.8 Å². The molecule has 0 saturated carbocycles. The van der Waals surface area contributed by atoms with Crippen LogP contribution in [-0.4, -0.2) is 50.2 Å². The molecule has 1 aliphatic rings. The van der Waals surface area contributed by atoms with Crippen molar-refractivity contribution in [2.24, 2.45) is 0 Å². The number of benzene rings is 2. The van der Waals surface area contributed by atoms with E-state index in [1.54, 1.807) is 30.5 Å². The minimum absolute atomic E-state index is 0.106. The van der Waals surface area contributed by atoms with Gasteiger partial charge in [0, 0.05) is 28.5 Å². The maximum absolute atomic E-state index is 12.8. The molecule has 2 N–H and O–H groups in total. The van der Waals surface area contributed by atoms with E-state index in [1.807, 2.05) is 19.1 Å². The predicted octanol–water partition coefficient (Wildman–Crippen LogP) is 3.88. The average molecular weight is 493 g/mol. The highest BCUT2D eigenvalue weighted by atomic mass is 35.5. The number of carbonyl (C=O) groups is 1. The number of amides is 1. The largest absolute Gasteiger partial charge is 0.502 e. The van der Waals surface area contributed by atoms with Crippen LogP contribution < -0.4 is 14.8 Å². The fraction of sp³-hybridized carbons (Fsp3) is 0.208. The number of aromatic hydroxyl groups is 1. The molecule has 3 heterocycles. The summed E-state index contributed by atoms with van der Waals surface area (Å²) in [4.78, 5) is 17.4. The second-order valence-corrected chi connectivity index (χ2v) is 8.42. The van der Waals surface area contributed by atoms with Gasteiger partial charge in [0.1, 0.15) is 5.82 Å². The molecule has 2 aromatic heterocycles. The topological polar surface area (TPSA) is 124 Å². The Kier molecular flexibility index (Phi) is 5.73. The molecule has 0 saturated heterocycles. The highest BCUT2D eigenvalue weighted by molar-refractivity contribution is 6.30. The monoisotopic (exact) mass is 492 g/mol. The van der Waals surface area contributed by atoms with Crippen LogP contribution >= 0.6 is 11.6 Å². The fourth-order valence-electron chi connectivity index (χ4n) is 4.24. The Hall–Kier alpha value is -4.18. The summed E-state index contributed by atoms with van der Waals surface area (Å²) in [5.41, 5.74) is 3.63. The molecule has 4 aromatic rings. The summed E-state index contributed by atoms with van der Waals surface area (Å²) < 4.78 is 12.1. The first-order chi connectivity index (χ1) is 16.9. The van der Waals surface area contributed by atoms with Crippen molar-refractivity contribution in [3.63, 3.8) is 0 Å². The highest BCUT2D eigenvalue weighted by Crippen LogP contribution is 2.45. The lowest BCUT2D eigenvalue weighted by molar-refractivity contribution is -0.116. The van der Waals surface area contributed by atoms with Crippen LogP contribution in [0, 0.1) is 6.92 Å². The molecule has 1 aliphatic heterocycles. The van der Waals surface area contributed by atoms with Gasteiger partial charge in [-0.15, -0.1) is 5.10 Å². The zero-order valence-corrected chi connectivity index (χ0v) is 19.9. The van der Waals surface area contributed by atoms with E-state index < -0.39 is 0 Å². The molecular weight excluding hydrogens is 472 g/mol. The molecule has 5 rings (SSSR count). The fourth-order valence-corrected chi connectivity index (χ4v) is 4.36. The zero-order valence-electron chi connectivity index (χ0n) is 19.1. The Balaban J connectivity index is 1.62. The predicted molar refractivity (Wildman–Crippen MR) is 128 cm³/mol. The van der Waals surface area contributed by atoms with E-state index in [-0.39, 0.29) is 41.4 Å². The molecule has 0 unspecified atom stereocenters. The van der Waals surface area contributed by atoms with E-state index in [1.165, 1.54) is 18.9 Å². The maximum Gasteiger partial charge on any atom is 0.272 e. The van der Waals surface area contributed by atoms with Crippen LogP contribution in [0.2, 0.25) is 5.02 Å². The Morgan fingerprint density at radius 1 is 1.14 bits per heavy atom. The molecule has 1 atom stereocenters. The third-order valence-corrected chi connectivity index (χ3v) is 6.14. The molecule has 35 heavy (non-hydrogen) atoms. The molecule has 2 aromatic carbocycles. The first-order valence-corrected chi connectivity index (χ1v) is 11.1. The van der Waals surface area contributed by atoms with Gasteiger partial charge < -0.3 is 19.9 Å². The smallest absolute Gasteiger partial charge is 0.272 e. The number of halogens is 1. The van der Waals surface area contributed by atoms with Crippen molar-refractivity contribution in [1.29, 1.82) is 0 Å². The number of ether oxygens (including phenoxy) is 2. The van der Waals surface area contributed by atoms with Crippen molar-refractivity contribution in [3.05, 3.63) is 64.4 Å². The van der Waals surface area contributed by atoms with Gasteiger partial charge in [0.05, 0.1) is 31.8 Å². The maximum atomic E-state index is 12.8. The molecule has 1 amide bonds. The molecule has 0 spiro atoms. The van der Waals surface area contributed by atoms with Gasteiger partial charge in [-0.25, -0.2) is 4.98 Å². The minimum atomic E-state index is -0.358. The number of phenolic OH excluding ortho intramolecular Hbond substituents is 1. The van der Waals surface area contributed by atoms with Crippen molar-refractivity contribution in [3.8, 4) is 34.5 Å². The van der Waals surface area contributed by atoms with E-state index in [0.29, 0.717) is 22.2 Å². The summed E-state index contributed by atoms with van der Waals surface area (Å²) in [6.07, 6.45) is 1.73. The van der Waals surface area contributed by atoms with E-state index in [9.17, 15) is 9.90 Å². The summed E-state index contributed by atoms with van der Waals surface area (Å²) in [7, 11) is 2.91. The number of fused-ring (bicyclic) bond motifs is 1. The second kappa shape index (κ2) is 8.88. The molecule has 11 heteroatoms. The van der Waals surface area contributed by atoms with Crippen molar-refractivity contribution < 1.29 is 19.4 Å². The third kappa shape index (κ3) is 4.01. The number of hydrogen-bond donors (Lipinski definition) is 2. The number of nitrogens with zero attached hydrogens (tertiary/aromatic N) is 5. The summed E-state index contributed by atoms with van der Waals surface area (Å²) in [5.74, 6) is 0.513. The van der Waals surface area contributed by atoms with Crippen LogP contribution in [0.1, 0.15) is 29.2 Å². The Labute approximate surface area is 205 Å². The van der Waals surface area contributed by atoms with Crippen LogP contribution in [-0.2, 0) is 4.79 Å². The Bertz CT molecular complexity index is 1410. The summed E-state index contributed by atoms with van der Waals surface area (Å²) in [5, 5.41) is 26.7. The average Bonchev–Trinajstić information content (AvgIpc) is 3.20. The van der Waals surface area contributed by atoms with Crippen molar-refractivity contribution in [2.75, 3.05) is 19.5 Å². The van der Waals surface area contributed by atoms with E-state index in [4.69, 9.17) is 21.1 Å². The lowest BCUT2D eigenvalue weighted by Gasteiger charge is -2.25. The van der Waals surface area contributed by atoms with Crippen LogP contribution in [0.25, 0.3) is 17.2 Å². The van der Waals surface area contributed by atoms with Gasteiger partial charge in [0.15, 0.2) is 11.5 Å². The number of anilines is 1. The van der Waals surface area contributed by atoms with Gasteiger partial charge in [-0.2, -0.15) is 14.9 Å². The van der Waals surface area contributed by atoms with Gasteiger partial charge in [0.25, 0.3) is 5.95 Å². The Morgan fingerprint density at radius 3 is 2.49 bits per heavy atom. The SMILES string of the molecule is COc1cc([C@H]2CC(=O)Nc3c2c(C)nn3-c2nncc(-c3ccc(Cl)cc3)n2)cc(OC)c1O. The number of hydrogen-bond acceptors (Lipinski definition) is 8. The number of phenols is 1. The third-order valence-electron chi connectivity index (χ3n) is 5.88. The lowest BCUT2D eigenvalue weighted by atomic mass is 9.85. The summed E-state index contributed by atoms with van der Waals surface area (Å²) in [6.45, 7) is 1.85. The van der Waals surface area contributed by atoms with E-state index >= 15 is 0 Å². The number of carbonyl (C=O) groups excluding carboxylic acids is 1. The van der Waals surface area contributed by atoms with Crippen LogP contribution in [0.5, 0.6) is 17.2 Å². The standard InChI is InChI=1S/C24H21ClN6O4/c1-12-21-16(14-8-18(34-2)22(33)19(9-14)35-3)10-20(32)28-23(21)31(30-12)24-27-17(11-26-29-24)13-4-6-15(25)7-5-13/h4-9,11,16,33H,10H2,1-3H3,(H,28,32)/t16-/m1/s1. The van der Waals surface area contributed by atoms with Crippen molar-refractivity contribution >= 4 is 23.3 Å². The number of nitrogens with one attached hydrogen (secondary N) is 1. The molecule has 0 radical (unpaired) electrons.